The molecular formula is C15H25ClN2O. The Morgan fingerprint density at radius 1 is 1.37 bits per heavy atom. The molecule has 0 heterocycles. The number of methoxy groups -OCH3 is 1. The van der Waals surface area contributed by atoms with Crippen LogP contribution in [-0.4, -0.2) is 37.7 Å². The zero-order chi connectivity index (χ0) is 14.3. The predicted octanol–water partition coefficient (Wildman–Crippen LogP) is 3.09. The second-order valence-corrected chi connectivity index (χ2v) is 5.17. The number of hydrogen-bond acceptors (Lipinski definition) is 3. The van der Waals surface area contributed by atoms with E-state index in [1.807, 2.05) is 18.2 Å². The highest BCUT2D eigenvalue weighted by molar-refractivity contribution is 6.31. The molecule has 0 amide bonds. The van der Waals surface area contributed by atoms with Gasteiger partial charge in [-0.2, -0.15) is 0 Å². The summed E-state index contributed by atoms with van der Waals surface area (Å²) >= 11 is 6.31. The molecule has 0 radical (unpaired) electrons. The zero-order valence-corrected chi connectivity index (χ0v) is 12.9. The molecule has 4 heteroatoms. The predicted molar refractivity (Wildman–Crippen MR) is 81.6 cm³/mol. The van der Waals surface area contributed by atoms with Crippen LogP contribution in [-0.2, 0) is 4.74 Å². The lowest BCUT2D eigenvalue weighted by Gasteiger charge is -2.36. The van der Waals surface area contributed by atoms with Crippen molar-refractivity contribution in [3.63, 3.8) is 0 Å². The second kappa shape index (κ2) is 8.54. The fraction of sp³-hybridized carbons (Fsp3) is 0.600. The molecule has 2 unspecified atom stereocenters. The van der Waals surface area contributed by atoms with Crippen molar-refractivity contribution in [2.75, 3.05) is 26.8 Å². The number of nitrogens with two attached hydrogens (primary N) is 1. The standard InChI is InChI=1S/C15H25ClN2O/c1-4-12(2)18(9-10-19-3)15(11-17)13-7-5-6-8-14(13)16/h5-8,12,15H,4,9-11,17H2,1-3H3. The van der Waals surface area contributed by atoms with E-state index in [4.69, 9.17) is 22.1 Å². The smallest absolute Gasteiger partial charge is 0.0590 e. The molecular weight excluding hydrogens is 260 g/mol. The SMILES string of the molecule is CCC(C)N(CCOC)C(CN)c1ccccc1Cl. The third-order valence-corrected chi connectivity index (χ3v) is 3.94. The minimum absolute atomic E-state index is 0.138. The molecule has 0 aromatic heterocycles. The largest absolute Gasteiger partial charge is 0.383 e. The van der Waals surface area contributed by atoms with Gasteiger partial charge in [0.2, 0.25) is 0 Å². The van der Waals surface area contributed by atoms with Crippen LogP contribution in [0.4, 0.5) is 0 Å². The monoisotopic (exact) mass is 284 g/mol. The molecule has 1 aromatic carbocycles. The van der Waals surface area contributed by atoms with E-state index >= 15 is 0 Å². The van der Waals surface area contributed by atoms with Crippen molar-refractivity contribution in [2.24, 2.45) is 5.73 Å². The van der Waals surface area contributed by atoms with E-state index in [1.165, 1.54) is 0 Å². The van der Waals surface area contributed by atoms with Crippen molar-refractivity contribution in [1.82, 2.24) is 4.90 Å². The number of hydrogen-bond donors (Lipinski definition) is 1. The highest BCUT2D eigenvalue weighted by atomic mass is 35.5. The number of ether oxygens (including phenoxy) is 1. The first kappa shape index (κ1) is 16.4. The van der Waals surface area contributed by atoms with Crippen LogP contribution in [0.2, 0.25) is 5.02 Å². The van der Waals surface area contributed by atoms with Gasteiger partial charge in [-0.15, -0.1) is 0 Å². The third-order valence-electron chi connectivity index (χ3n) is 3.60. The van der Waals surface area contributed by atoms with Crippen LogP contribution in [0.25, 0.3) is 0 Å². The summed E-state index contributed by atoms with van der Waals surface area (Å²) in [4.78, 5) is 2.38. The molecule has 2 N–H and O–H groups in total. The Hall–Kier alpha value is -0.610. The molecule has 0 aliphatic rings. The van der Waals surface area contributed by atoms with Gasteiger partial charge in [0, 0.05) is 37.3 Å². The lowest BCUT2D eigenvalue weighted by molar-refractivity contribution is 0.0903. The van der Waals surface area contributed by atoms with Crippen LogP contribution in [0, 0.1) is 0 Å². The van der Waals surface area contributed by atoms with Gasteiger partial charge in [-0.1, -0.05) is 36.7 Å². The molecule has 1 aromatic rings. The maximum absolute atomic E-state index is 6.31. The van der Waals surface area contributed by atoms with Crippen molar-refractivity contribution >= 4 is 11.6 Å². The summed E-state index contributed by atoms with van der Waals surface area (Å²) < 4.78 is 5.21. The first-order valence-corrected chi connectivity index (χ1v) is 7.22. The summed E-state index contributed by atoms with van der Waals surface area (Å²) in [7, 11) is 1.72. The summed E-state index contributed by atoms with van der Waals surface area (Å²) in [6.45, 7) is 6.52. The maximum Gasteiger partial charge on any atom is 0.0590 e. The molecule has 0 aliphatic carbocycles. The molecule has 3 nitrogen and oxygen atoms in total. The van der Waals surface area contributed by atoms with E-state index in [-0.39, 0.29) is 6.04 Å². The van der Waals surface area contributed by atoms with Gasteiger partial charge in [0.1, 0.15) is 0 Å². The Labute approximate surface area is 121 Å². The van der Waals surface area contributed by atoms with Crippen LogP contribution in [0.15, 0.2) is 24.3 Å². The van der Waals surface area contributed by atoms with Gasteiger partial charge in [-0.25, -0.2) is 0 Å². The number of benzene rings is 1. The highest BCUT2D eigenvalue weighted by Gasteiger charge is 2.24. The fourth-order valence-electron chi connectivity index (χ4n) is 2.30. The first-order valence-electron chi connectivity index (χ1n) is 6.84. The third kappa shape index (κ3) is 4.46. The molecule has 2 atom stereocenters. The quantitative estimate of drug-likeness (QED) is 0.797. The van der Waals surface area contributed by atoms with E-state index in [0.29, 0.717) is 19.2 Å². The maximum atomic E-state index is 6.31. The Morgan fingerprint density at radius 3 is 2.58 bits per heavy atom. The highest BCUT2D eigenvalue weighted by Crippen LogP contribution is 2.28. The van der Waals surface area contributed by atoms with E-state index < -0.39 is 0 Å². The molecule has 1 rings (SSSR count). The average molecular weight is 285 g/mol. The van der Waals surface area contributed by atoms with Gasteiger partial charge in [-0.3, -0.25) is 4.90 Å². The Morgan fingerprint density at radius 2 is 2.05 bits per heavy atom. The Balaban J connectivity index is 2.98. The van der Waals surface area contributed by atoms with Gasteiger partial charge >= 0.3 is 0 Å². The van der Waals surface area contributed by atoms with Crippen LogP contribution >= 0.6 is 11.6 Å². The topological polar surface area (TPSA) is 38.5 Å². The van der Waals surface area contributed by atoms with Crippen molar-refractivity contribution < 1.29 is 4.74 Å². The molecule has 19 heavy (non-hydrogen) atoms. The molecule has 0 saturated carbocycles. The van der Waals surface area contributed by atoms with Gasteiger partial charge < -0.3 is 10.5 Å². The number of rotatable bonds is 8. The summed E-state index contributed by atoms with van der Waals surface area (Å²) in [5.74, 6) is 0. The van der Waals surface area contributed by atoms with Gasteiger partial charge in [0.25, 0.3) is 0 Å². The van der Waals surface area contributed by atoms with Gasteiger partial charge in [0.15, 0.2) is 0 Å². The van der Waals surface area contributed by atoms with Crippen molar-refractivity contribution in [3.8, 4) is 0 Å². The van der Waals surface area contributed by atoms with Gasteiger partial charge in [-0.05, 0) is 25.0 Å². The average Bonchev–Trinajstić information content (AvgIpc) is 2.44. The minimum Gasteiger partial charge on any atom is -0.383 e. The lowest BCUT2D eigenvalue weighted by atomic mass is 10.0. The van der Waals surface area contributed by atoms with E-state index in [2.05, 4.69) is 24.8 Å². The van der Waals surface area contributed by atoms with E-state index in [9.17, 15) is 0 Å². The van der Waals surface area contributed by atoms with Crippen molar-refractivity contribution in [1.29, 1.82) is 0 Å². The molecule has 0 saturated heterocycles. The molecule has 0 bridgehead atoms. The second-order valence-electron chi connectivity index (χ2n) is 4.76. The van der Waals surface area contributed by atoms with Crippen molar-refractivity contribution in [3.05, 3.63) is 34.9 Å². The number of halogens is 1. The van der Waals surface area contributed by atoms with Crippen LogP contribution in [0.1, 0.15) is 31.9 Å². The molecule has 0 fully saturated rings. The molecule has 0 spiro atoms. The fourth-order valence-corrected chi connectivity index (χ4v) is 2.56. The zero-order valence-electron chi connectivity index (χ0n) is 12.1. The van der Waals surface area contributed by atoms with Crippen LogP contribution in [0.5, 0.6) is 0 Å². The Bertz CT molecular complexity index is 373. The summed E-state index contributed by atoms with van der Waals surface area (Å²) in [5.41, 5.74) is 7.10. The van der Waals surface area contributed by atoms with Crippen LogP contribution in [0.3, 0.4) is 0 Å². The molecule has 108 valence electrons. The lowest BCUT2D eigenvalue weighted by Crippen LogP contribution is -2.41. The summed E-state index contributed by atoms with van der Waals surface area (Å²) in [5, 5.41) is 0.781. The summed E-state index contributed by atoms with van der Waals surface area (Å²) in [6, 6.07) is 8.52. The first-order chi connectivity index (χ1) is 9.15. The van der Waals surface area contributed by atoms with Gasteiger partial charge in [0.05, 0.1) is 6.61 Å². The minimum atomic E-state index is 0.138. The normalized spacial score (nSPS) is 14.6. The van der Waals surface area contributed by atoms with E-state index in [1.54, 1.807) is 7.11 Å². The van der Waals surface area contributed by atoms with Crippen molar-refractivity contribution in [2.45, 2.75) is 32.4 Å². The van der Waals surface area contributed by atoms with Crippen LogP contribution < -0.4 is 5.73 Å². The molecule has 0 aliphatic heterocycles. The number of nitrogens with zero attached hydrogens (tertiary/aromatic N) is 1. The summed E-state index contributed by atoms with van der Waals surface area (Å²) in [6.07, 6.45) is 1.07. The Kier molecular flexibility index (Phi) is 7.39. The van der Waals surface area contributed by atoms with E-state index in [0.717, 1.165) is 23.6 Å².